The maximum absolute atomic E-state index is 13.5. The minimum Gasteiger partial charge on any atom is -0.453 e. The van der Waals surface area contributed by atoms with Crippen molar-refractivity contribution in [3.8, 4) is 23.1 Å². The number of methoxy groups -OCH3 is 1. The summed E-state index contributed by atoms with van der Waals surface area (Å²) in [5.41, 5.74) is 5.11. The number of H-pyrrole nitrogens is 2. The molecular formula is C39H47N9O6. The highest BCUT2D eigenvalue weighted by Gasteiger charge is 2.38. The number of hydrogen-bond acceptors (Lipinski definition) is 9. The standard InChI is InChI=1S/C39H47N9O6/c1-6-19-48(41-24-54-53-5)39(51)47-21-8-9-32(47)35-40-23-31(44-35)28-16-13-26(14-17-28)11-12-27-15-18-29-30(22-27)43-36(42-29)33-10-7-20-46(33)37(49)34(25(2)3)45-38(50)52-4/h13-18,22-25,32-34H,6-10,19-21H2,1-5H3,(H,40,44)(H,42,43)(H,45,50)/b41-24-/t32-,33-,34-/m0/s1. The summed E-state index contributed by atoms with van der Waals surface area (Å²) in [6.45, 7) is 7.42. The van der Waals surface area contributed by atoms with Crippen LogP contribution in [0, 0.1) is 17.8 Å². The molecule has 0 saturated carbocycles. The number of imidazole rings is 2. The van der Waals surface area contributed by atoms with Gasteiger partial charge in [0.2, 0.25) is 12.3 Å². The Morgan fingerprint density at radius 3 is 2.41 bits per heavy atom. The van der Waals surface area contributed by atoms with Crippen LogP contribution in [0.3, 0.4) is 0 Å². The van der Waals surface area contributed by atoms with Crippen LogP contribution in [0.15, 0.2) is 53.8 Å². The van der Waals surface area contributed by atoms with Gasteiger partial charge in [-0.1, -0.05) is 44.7 Å². The van der Waals surface area contributed by atoms with Crippen LogP contribution in [-0.2, 0) is 19.3 Å². The van der Waals surface area contributed by atoms with Crippen LogP contribution in [0.2, 0.25) is 0 Å². The van der Waals surface area contributed by atoms with Crippen molar-refractivity contribution in [1.29, 1.82) is 0 Å². The van der Waals surface area contributed by atoms with Crippen LogP contribution >= 0.6 is 0 Å². The van der Waals surface area contributed by atoms with Gasteiger partial charge in [-0.3, -0.25) is 4.79 Å². The fraction of sp³-hybridized carbons (Fsp3) is 0.436. The smallest absolute Gasteiger partial charge is 0.407 e. The van der Waals surface area contributed by atoms with E-state index in [2.05, 4.69) is 42.1 Å². The van der Waals surface area contributed by atoms with E-state index in [0.29, 0.717) is 25.5 Å². The van der Waals surface area contributed by atoms with Crippen molar-refractivity contribution in [2.75, 3.05) is 33.9 Å². The second-order valence-corrected chi connectivity index (χ2v) is 13.7. The zero-order valence-corrected chi connectivity index (χ0v) is 31.3. The number of aromatic amines is 2. The van der Waals surface area contributed by atoms with E-state index in [1.165, 1.54) is 19.2 Å². The highest BCUT2D eigenvalue weighted by molar-refractivity contribution is 5.86. The number of rotatable bonds is 11. The first-order valence-corrected chi connectivity index (χ1v) is 18.3. The lowest BCUT2D eigenvalue weighted by Gasteiger charge is -2.29. The second-order valence-electron chi connectivity index (χ2n) is 13.7. The van der Waals surface area contributed by atoms with Gasteiger partial charge >= 0.3 is 12.1 Å². The summed E-state index contributed by atoms with van der Waals surface area (Å²) < 4.78 is 4.75. The predicted molar refractivity (Wildman–Crippen MR) is 202 cm³/mol. The first-order chi connectivity index (χ1) is 26.2. The highest BCUT2D eigenvalue weighted by Crippen LogP contribution is 2.34. The lowest BCUT2D eigenvalue weighted by Crippen LogP contribution is -2.51. The Balaban J connectivity index is 1.12. The molecule has 284 valence electrons. The molecule has 15 heteroatoms. The number of ether oxygens (including phenoxy) is 1. The zero-order valence-electron chi connectivity index (χ0n) is 31.3. The van der Waals surface area contributed by atoms with Crippen LogP contribution in [0.25, 0.3) is 22.3 Å². The Bertz CT molecular complexity index is 2030. The van der Waals surface area contributed by atoms with E-state index in [4.69, 9.17) is 14.6 Å². The van der Waals surface area contributed by atoms with Crippen molar-refractivity contribution in [3.05, 3.63) is 71.4 Å². The molecule has 4 aromatic rings. The van der Waals surface area contributed by atoms with Crippen LogP contribution in [0.1, 0.15) is 87.7 Å². The topological polar surface area (TPSA) is 170 Å². The molecule has 2 aromatic heterocycles. The molecule has 2 aliphatic heterocycles. The van der Waals surface area contributed by atoms with Gasteiger partial charge in [0.05, 0.1) is 49.2 Å². The van der Waals surface area contributed by atoms with E-state index in [9.17, 15) is 14.4 Å². The molecule has 15 nitrogen and oxygen atoms in total. The van der Waals surface area contributed by atoms with Gasteiger partial charge in [0.15, 0.2) is 0 Å². The van der Waals surface area contributed by atoms with Crippen molar-refractivity contribution >= 4 is 35.5 Å². The van der Waals surface area contributed by atoms with Crippen molar-refractivity contribution < 1.29 is 28.9 Å². The van der Waals surface area contributed by atoms with Crippen molar-refractivity contribution in [2.45, 2.75) is 71.0 Å². The number of nitrogens with zero attached hydrogens (tertiary/aromatic N) is 6. The van der Waals surface area contributed by atoms with Crippen LogP contribution in [0.5, 0.6) is 0 Å². The number of urea groups is 1. The molecule has 2 aromatic carbocycles. The van der Waals surface area contributed by atoms with Crippen LogP contribution < -0.4 is 5.32 Å². The SMILES string of the molecule is CCCN(/N=C\OOC)C(=O)N1CCC[C@H]1c1ncc(-c2ccc(C#Cc3ccc4nc([C@@H]5CCCN5C(=O)[C@@H](NC(=O)OC)C(C)C)[nH]c4c3)cc2)[nH]1. The third-order valence-electron chi connectivity index (χ3n) is 9.68. The molecule has 4 amide bonds. The van der Waals surface area contributed by atoms with Gasteiger partial charge in [-0.25, -0.2) is 24.6 Å². The van der Waals surface area contributed by atoms with Gasteiger partial charge in [0, 0.05) is 30.8 Å². The lowest BCUT2D eigenvalue weighted by molar-refractivity contribution is -0.188. The molecule has 6 rings (SSSR count). The number of benzene rings is 2. The summed E-state index contributed by atoms with van der Waals surface area (Å²) in [7, 11) is 2.66. The van der Waals surface area contributed by atoms with Crippen molar-refractivity contribution in [3.63, 3.8) is 0 Å². The number of hydrogen-bond donors (Lipinski definition) is 3. The number of amides is 4. The van der Waals surface area contributed by atoms with Gasteiger partial charge in [0.25, 0.3) is 0 Å². The molecule has 0 unspecified atom stereocenters. The normalized spacial score (nSPS) is 17.5. The summed E-state index contributed by atoms with van der Waals surface area (Å²) in [4.78, 5) is 68.1. The Kier molecular flexibility index (Phi) is 12.1. The first-order valence-electron chi connectivity index (χ1n) is 18.3. The summed E-state index contributed by atoms with van der Waals surface area (Å²) >= 11 is 0. The summed E-state index contributed by atoms with van der Waals surface area (Å²) in [5, 5.41) is 8.20. The van der Waals surface area contributed by atoms with E-state index >= 15 is 0 Å². The quantitative estimate of drug-likeness (QED) is 0.0563. The molecule has 0 aliphatic carbocycles. The van der Waals surface area contributed by atoms with Crippen LogP contribution in [-0.4, -0.2) is 99.1 Å². The fourth-order valence-corrected chi connectivity index (χ4v) is 6.95. The molecule has 0 radical (unpaired) electrons. The zero-order chi connectivity index (χ0) is 38.2. The average Bonchev–Trinajstić information content (AvgIpc) is 4.01. The van der Waals surface area contributed by atoms with Gasteiger partial charge in [-0.15, -0.1) is 5.10 Å². The number of hydrazone groups is 1. The Morgan fingerprint density at radius 2 is 1.70 bits per heavy atom. The van der Waals surface area contributed by atoms with Crippen LogP contribution in [0.4, 0.5) is 9.59 Å². The number of nitrogens with one attached hydrogen (secondary N) is 3. The van der Waals surface area contributed by atoms with Gasteiger partial charge in [-0.05, 0) is 73.9 Å². The molecule has 2 aliphatic rings. The fourth-order valence-electron chi connectivity index (χ4n) is 6.95. The first kappa shape index (κ1) is 37.9. The molecule has 54 heavy (non-hydrogen) atoms. The molecule has 0 bridgehead atoms. The number of likely N-dealkylation sites (tertiary alicyclic amines) is 2. The van der Waals surface area contributed by atoms with Gasteiger partial charge in [0.1, 0.15) is 17.7 Å². The van der Waals surface area contributed by atoms with Gasteiger partial charge in [-0.2, -0.15) is 4.89 Å². The number of carbonyl (C=O) groups excluding carboxylic acids is 3. The second kappa shape index (κ2) is 17.3. The summed E-state index contributed by atoms with van der Waals surface area (Å²) in [6.07, 6.45) is 6.29. The maximum Gasteiger partial charge on any atom is 0.407 e. The van der Waals surface area contributed by atoms with Crippen molar-refractivity contribution in [1.82, 2.24) is 40.1 Å². The minimum absolute atomic E-state index is 0.109. The van der Waals surface area contributed by atoms with Gasteiger partial charge < -0.3 is 34.7 Å². The summed E-state index contributed by atoms with van der Waals surface area (Å²) in [6, 6.07) is 12.4. The third kappa shape index (κ3) is 8.50. The number of fused-ring (bicyclic) bond motifs is 1. The maximum atomic E-state index is 13.5. The Morgan fingerprint density at radius 1 is 1.00 bits per heavy atom. The van der Waals surface area contributed by atoms with E-state index in [0.717, 1.165) is 77.7 Å². The molecular weight excluding hydrogens is 690 g/mol. The predicted octanol–water partition coefficient (Wildman–Crippen LogP) is 5.89. The number of carbonyl (C=O) groups is 3. The van der Waals surface area contributed by atoms with E-state index < -0.39 is 12.1 Å². The molecule has 0 spiro atoms. The minimum atomic E-state index is -0.693. The number of alkyl carbamates (subject to hydrolysis) is 1. The Labute approximate surface area is 314 Å². The molecule has 3 N–H and O–H groups in total. The highest BCUT2D eigenvalue weighted by atomic mass is 17.2. The largest absolute Gasteiger partial charge is 0.453 e. The molecule has 3 atom stereocenters. The average molecular weight is 738 g/mol. The summed E-state index contributed by atoms with van der Waals surface area (Å²) in [5.74, 6) is 7.70. The molecule has 2 fully saturated rings. The van der Waals surface area contributed by atoms with E-state index in [1.807, 2.05) is 63.2 Å². The van der Waals surface area contributed by atoms with E-state index in [-0.39, 0.29) is 29.9 Å². The molecule has 4 heterocycles. The molecule has 2 saturated heterocycles. The monoisotopic (exact) mass is 737 g/mol. The Hall–Kier alpha value is -5.88. The van der Waals surface area contributed by atoms with Crippen molar-refractivity contribution in [2.24, 2.45) is 11.0 Å². The van der Waals surface area contributed by atoms with E-state index in [1.54, 1.807) is 16.0 Å². The number of aromatic nitrogens is 4. The third-order valence-corrected chi connectivity index (χ3v) is 9.68. The lowest BCUT2D eigenvalue weighted by atomic mass is 10.0.